The van der Waals surface area contributed by atoms with E-state index in [2.05, 4.69) is 98.1 Å². The van der Waals surface area contributed by atoms with Crippen molar-refractivity contribution in [2.75, 3.05) is 10.6 Å². The van der Waals surface area contributed by atoms with E-state index in [1.54, 1.807) is 23.5 Å². The van der Waals surface area contributed by atoms with Crippen LogP contribution in [0.4, 0.5) is 11.4 Å². The topological polar surface area (TPSA) is 24.1 Å². The van der Waals surface area contributed by atoms with E-state index in [1.165, 1.54) is 98.0 Å². The van der Waals surface area contributed by atoms with E-state index < -0.39 is 0 Å². The molecule has 0 aliphatic carbocycles. The third kappa shape index (κ3) is 13.8. The maximum Gasteiger partial charge on any atom is 0.143 e. The van der Waals surface area contributed by atoms with E-state index in [0.29, 0.717) is 0 Å². The highest BCUT2D eigenvalue weighted by atomic mass is 32.2. The molecule has 0 unspecified atom stereocenters. The Hall–Kier alpha value is -1.86. The van der Waals surface area contributed by atoms with Crippen LogP contribution in [0.1, 0.15) is 108 Å². The van der Waals surface area contributed by atoms with Crippen molar-refractivity contribution in [3.8, 4) is 0 Å². The highest BCUT2D eigenvalue weighted by Gasteiger charge is 2.11. The molecule has 0 saturated heterocycles. The van der Waals surface area contributed by atoms with Crippen LogP contribution >= 0.6 is 48.0 Å². The van der Waals surface area contributed by atoms with Gasteiger partial charge in [0.15, 0.2) is 0 Å². The summed E-state index contributed by atoms with van der Waals surface area (Å²) in [6.45, 7) is 6.65. The first-order valence-electron chi connectivity index (χ1n) is 16.2. The van der Waals surface area contributed by atoms with Gasteiger partial charge in [0.1, 0.15) is 8.64 Å². The quantitative estimate of drug-likeness (QED) is 0.0807. The Bertz CT molecular complexity index is 1270. The molecule has 0 aliphatic heterocycles. The Morgan fingerprint density at radius 2 is 1.05 bits per heavy atom. The maximum absolute atomic E-state index is 5.82. The number of nitrogens with one attached hydrogen (secondary N) is 2. The van der Waals surface area contributed by atoms with Crippen LogP contribution in [-0.2, 0) is 12.8 Å². The Kier molecular flexibility index (Phi) is 17.4. The predicted molar refractivity (Wildman–Crippen MR) is 202 cm³/mol. The standard InChI is InChI=1S/C37H50N2S4/c1-4-6-8-10-12-14-20-30-22-16-18-24-34(30)42-36(40)38-32-27-26-29(3)33(28-32)39-37(41)43-35-25-19-17-23-31(35)21-15-13-11-9-7-5-2/h16-19,22-28H,4-15,20-21H2,1-3H3,(H,38,40)(H,39,41). The number of unbranched alkanes of at least 4 members (excludes halogenated alkanes) is 10. The summed E-state index contributed by atoms with van der Waals surface area (Å²) < 4.78 is 1.52. The third-order valence-electron chi connectivity index (χ3n) is 7.67. The van der Waals surface area contributed by atoms with Crippen molar-refractivity contribution >= 4 is 68.0 Å². The number of hydrogen-bond donors (Lipinski definition) is 2. The molecular formula is C37H50N2S4. The first-order valence-corrected chi connectivity index (χ1v) is 18.7. The van der Waals surface area contributed by atoms with Crippen molar-refractivity contribution in [2.24, 2.45) is 0 Å². The van der Waals surface area contributed by atoms with Crippen LogP contribution in [0, 0.1) is 6.92 Å². The average Bonchev–Trinajstić information content (AvgIpc) is 3.00. The molecule has 0 radical (unpaired) electrons. The number of anilines is 2. The molecule has 0 fully saturated rings. The smallest absolute Gasteiger partial charge is 0.143 e. The molecule has 3 aromatic carbocycles. The monoisotopic (exact) mass is 650 g/mol. The molecule has 0 spiro atoms. The molecule has 232 valence electrons. The molecule has 3 rings (SSSR count). The minimum atomic E-state index is 0.755. The Balaban J connectivity index is 1.53. The van der Waals surface area contributed by atoms with Gasteiger partial charge in [0.2, 0.25) is 0 Å². The second-order valence-corrected chi connectivity index (χ2v) is 14.7. The van der Waals surface area contributed by atoms with E-state index in [9.17, 15) is 0 Å². The number of rotatable bonds is 18. The fourth-order valence-electron chi connectivity index (χ4n) is 5.12. The number of aryl methyl sites for hydroxylation is 3. The zero-order valence-electron chi connectivity index (χ0n) is 26.4. The van der Waals surface area contributed by atoms with Crippen molar-refractivity contribution in [3.63, 3.8) is 0 Å². The highest BCUT2D eigenvalue weighted by Crippen LogP contribution is 2.30. The summed E-state index contributed by atoms with van der Waals surface area (Å²) in [5, 5.41) is 6.95. The normalized spacial score (nSPS) is 11.0. The summed E-state index contributed by atoms with van der Waals surface area (Å²) in [4.78, 5) is 2.49. The molecule has 0 bridgehead atoms. The molecule has 2 nitrogen and oxygen atoms in total. The fraction of sp³-hybridized carbons (Fsp3) is 0.459. The first kappa shape index (κ1) is 35.6. The van der Waals surface area contributed by atoms with Crippen molar-refractivity contribution < 1.29 is 0 Å². The first-order chi connectivity index (χ1) is 21.0. The van der Waals surface area contributed by atoms with Crippen molar-refractivity contribution in [1.82, 2.24) is 0 Å². The lowest BCUT2D eigenvalue weighted by molar-refractivity contribution is 0.606. The van der Waals surface area contributed by atoms with Crippen molar-refractivity contribution in [2.45, 2.75) is 120 Å². The second-order valence-electron chi connectivity index (χ2n) is 11.3. The van der Waals surface area contributed by atoms with Gasteiger partial charge in [-0.2, -0.15) is 0 Å². The van der Waals surface area contributed by atoms with Crippen LogP contribution in [0.3, 0.4) is 0 Å². The summed E-state index contributed by atoms with van der Waals surface area (Å²) in [6, 6.07) is 23.7. The average molecular weight is 651 g/mol. The maximum atomic E-state index is 5.82. The summed E-state index contributed by atoms with van der Waals surface area (Å²) in [7, 11) is 0. The van der Waals surface area contributed by atoms with Crippen LogP contribution in [0.15, 0.2) is 76.5 Å². The predicted octanol–water partition coefficient (Wildman–Crippen LogP) is 12.8. The molecule has 0 aromatic heterocycles. The van der Waals surface area contributed by atoms with Crippen molar-refractivity contribution in [3.05, 3.63) is 83.4 Å². The van der Waals surface area contributed by atoms with Crippen LogP contribution in [0.25, 0.3) is 0 Å². The number of thiocarbonyl (C=S) groups is 2. The van der Waals surface area contributed by atoms with Crippen LogP contribution in [0.5, 0.6) is 0 Å². The molecule has 2 N–H and O–H groups in total. The van der Waals surface area contributed by atoms with E-state index in [0.717, 1.165) is 38.4 Å². The second kappa shape index (κ2) is 21.0. The number of hydrogen-bond acceptors (Lipinski definition) is 4. The fourth-order valence-corrected chi connectivity index (χ4v) is 7.52. The van der Waals surface area contributed by atoms with E-state index >= 15 is 0 Å². The minimum Gasteiger partial charge on any atom is -0.341 e. The molecule has 0 heterocycles. The van der Waals surface area contributed by atoms with E-state index in [4.69, 9.17) is 24.4 Å². The molecule has 0 atom stereocenters. The van der Waals surface area contributed by atoms with Gasteiger partial charge in [0, 0.05) is 21.2 Å². The largest absolute Gasteiger partial charge is 0.341 e. The van der Waals surface area contributed by atoms with Gasteiger partial charge in [-0.15, -0.1) is 0 Å². The molecule has 6 heteroatoms. The van der Waals surface area contributed by atoms with Gasteiger partial charge in [-0.25, -0.2) is 0 Å². The lowest BCUT2D eigenvalue weighted by atomic mass is 10.1. The number of benzene rings is 3. The van der Waals surface area contributed by atoms with E-state index in [1.807, 2.05) is 0 Å². The third-order valence-corrected chi connectivity index (χ3v) is 10.2. The summed E-state index contributed by atoms with van der Waals surface area (Å²) in [6.07, 6.45) is 17.9. The van der Waals surface area contributed by atoms with Gasteiger partial charge < -0.3 is 10.6 Å². The Morgan fingerprint density at radius 1 is 0.581 bits per heavy atom. The summed E-state index contributed by atoms with van der Waals surface area (Å²) >= 11 is 14.9. The van der Waals surface area contributed by atoms with Crippen LogP contribution < -0.4 is 10.6 Å². The molecule has 0 aliphatic rings. The zero-order chi connectivity index (χ0) is 30.7. The van der Waals surface area contributed by atoms with Crippen molar-refractivity contribution in [1.29, 1.82) is 0 Å². The van der Waals surface area contributed by atoms with E-state index in [-0.39, 0.29) is 0 Å². The summed E-state index contributed by atoms with van der Waals surface area (Å²) in [5.74, 6) is 0. The van der Waals surface area contributed by atoms with Gasteiger partial charge in [-0.3, -0.25) is 0 Å². The summed E-state index contributed by atoms with van der Waals surface area (Å²) in [5.41, 5.74) is 5.90. The zero-order valence-corrected chi connectivity index (χ0v) is 29.6. The van der Waals surface area contributed by atoms with Gasteiger partial charge >= 0.3 is 0 Å². The van der Waals surface area contributed by atoms with Crippen LogP contribution in [0.2, 0.25) is 0 Å². The lowest BCUT2D eigenvalue weighted by Gasteiger charge is -2.15. The highest BCUT2D eigenvalue weighted by molar-refractivity contribution is 8.23. The lowest BCUT2D eigenvalue weighted by Crippen LogP contribution is -2.09. The van der Waals surface area contributed by atoms with Crippen LogP contribution in [-0.4, -0.2) is 8.64 Å². The molecular weight excluding hydrogens is 601 g/mol. The van der Waals surface area contributed by atoms with Gasteiger partial charge in [-0.1, -0.05) is 168 Å². The Morgan fingerprint density at radius 3 is 1.58 bits per heavy atom. The number of thioether (sulfide) groups is 2. The van der Waals surface area contributed by atoms with Gasteiger partial charge in [0.25, 0.3) is 0 Å². The van der Waals surface area contributed by atoms with Gasteiger partial charge in [-0.05, 0) is 73.6 Å². The Labute approximate surface area is 281 Å². The SMILES string of the molecule is CCCCCCCCc1ccccc1SC(=S)Nc1ccc(C)c(NC(=S)Sc2ccccc2CCCCCCCC)c1. The molecule has 0 saturated carbocycles. The van der Waals surface area contributed by atoms with Gasteiger partial charge in [0.05, 0.1) is 0 Å². The minimum absolute atomic E-state index is 0.755. The molecule has 43 heavy (non-hydrogen) atoms. The molecule has 0 amide bonds. The molecule has 3 aromatic rings.